The molecule has 0 fully saturated rings. The lowest BCUT2D eigenvalue weighted by Crippen LogP contribution is -2.21. The molecule has 2 aromatic rings. The zero-order valence-electron chi connectivity index (χ0n) is 13.2. The standard InChI is InChI=1S/C15H24N4OS/c1-5-14(15-17-10(2)9-21-15)16-8-13-11(3)18-19(6-7-20)12(13)4/h9,14,16,20H,5-8H2,1-4H3. The average molecular weight is 308 g/mol. The van der Waals surface area contributed by atoms with E-state index in [1.807, 2.05) is 18.5 Å². The van der Waals surface area contributed by atoms with Crippen molar-refractivity contribution in [3.05, 3.63) is 33.0 Å². The van der Waals surface area contributed by atoms with Gasteiger partial charge < -0.3 is 10.4 Å². The van der Waals surface area contributed by atoms with E-state index >= 15 is 0 Å². The molecule has 0 amide bonds. The molecule has 116 valence electrons. The van der Waals surface area contributed by atoms with Crippen molar-refractivity contribution in [3.63, 3.8) is 0 Å². The topological polar surface area (TPSA) is 63.0 Å². The van der Waals surface area contributed by atoms with Gasteiger partial charge in [0.15, 0.2) is 0 Å². The van der Waals surface area contributed by atoms with Gasteiger partial charge in [-0.1, -0.05) is 6.92 Å². The predicted molar refractivity (Wildman–Crippen MR) is 85.5 cm³/mol. The van der Waals surface area contributed by atoms with Crippen LogP contribution in [0.25, 0.3) is 0 Å². The van der Waals surface area contributed by atoms with Crippen molar-refractivity contribution in [2.45, 2.75) is 53.2 Å². The zero-order chi connectivity index (χ0) is 15.4. The van der Waals surface area contributed by atoms with Crippen LogP contribution in [0.3, 0.4) is 0 Å². The molecule has 2 rings (SSSR count). The second kappa shape index (κ2) is 7.15. The molecule has 2 heterocycles. The van der Waals surface area contributed by atoms with Gasteiger partial charge in [0.1, 0.15) is 5.01 Å². The molecule has 0 saturated carbocycles. The first-order valence-corrected chi connectivity index (χ1v) is 8.23. The van der Waals surface area contributed by atoms with Crippen LogP contribution in [0, 0.1) is 20.8 Å². The molecule has 0 bridgehead atoms. The third-order valence-corrected chi connectivity index (χ3v) is 4.79. The van der Waals surface area contributed by atoms with Gasteiger partial charge in [0, 0.05) is 28.9 Å². The van der Waals surface area contributed by atoms with Crippen LogP contribution in [0.5, 0.6) is 0 Å². The summed E-state index contributed by atoms with van der Waals surface area (Å²) in [5.41, 5.74) is 4.45. The van der Waals surface area contributed by atoms with Gasteiger partial charge in [-0.25, -0.2) is 4.98 Å². The first-order chi connectivity index (χ1) is 10.1. The van der Waals surface area contributed by atoms with Gasteiger partial charge in [-0.15, -0.1) is 11.3 Å². The van der Waals surface area contributed by atoms with Crippen molar-refractivity contribution in [1.82, 2.24) is 20.1 Å². The summed E-state index contributed by atoms with van der Waals surface area (Å²) >= 11 is 1.71. The third kappa shape index (κ3) is 3.70. The monoisotopic (exact) mass is 308 g/mol. The van der Waals surface area contributed by atoms with E-state index in [2.05, 4.69) is 34.6 Å². The largest absolute Gasteiger partial charge is 0.394 e. The summed E-state index contributed by atoms with van der Waals surface area (Å²) in [6.45, 7) is 9.72. The highest BCUT2D eigenvalue weighted by atomic mass is 32.1. The molecule has 0 aliphatic heterocycles. The maximum atomic E-state index is 9.07. The van der Waals surface area contributed by atoms with E-state index < -0.39 is 0 Å². The Balaban J connectivity index is 2.08. The molecule has 0 radical (unpaired) electrons. The van der Waals surface area contributed by atoms with Crippen molar-refractivity contribution in [1.29, 1.82) is 0 Å². The van der Waals surface area contributed by atoms with Gasteiger partial charge in [-0.05, 0) is 27.2 Å². The number of hydrogen-bond donors (Lipinski definition) is 2. The molecular weight excluding hydrogens is 284 g/mol. The Labute approximate surface area is 130 Å². The summed E-state index contributed by atoms with van der Waals surface area (Å²) in [6.07, 6.45) is 1.01. The minimum atomic E-state index is 0.116. The highest BCUT2D eigenvalue weighted by Crippen LogP contribution is 2.22. The molecule has 0 spiro atoms. The third-order valence-electron chi connectivity index (χ3n) is 3.71. The van der Waals surface area contributed by atoms with Crippen LogP contribution in [0.1, 0.15) is 47.0 Å². The summed E-state index contributed by atoms with van der Waals surface area (Å²) in [7, 11) is 0. The second-order valence-corrected chi connectivity index (χ2v) is 6.15. The van der Waals surface area contributed by atoms with Crippen LogP contribution in [0.4, 0.5) is 0 Å². The van der Waals surface area contributed by atoms with Crippen molar-refractivity contribution in [2.75, 3.05) is 6.61 Å². The van der Waals surface area contributed by atoms with E-state index in [9.17, 15) is 0 Å². The summed E-state index contributed by atoms with van der Waals surface area (Å²) in [6, 6.07) is 0.281. The number of hydrogen-bond acceptors (Lipinski definition) is 5. The number of aryl methyl sites for hydroxylation is 2. The maximum Gasteiger partial charge on any atom is 0.110 e. The Morgan fingerprint density at radius 3 is 2.71 bits per heavy atom. The molecule has 2 N–H and O–H groups in total. The van der Waals surface area contributed by atoms with Crippen LogP contribution in [0.15, 0.2) is 5.38 Å². The van der Waals surface area contributed by atoms with Gasteiger partial charge in [0.25, 0.3) is 0 Å². The number of thiazole rings is 1. The molecule has 0 aliphatic carbocycles. The number of nitrogens with zero attached hydrogens (tertiary/aromatic N) is 3. The molecule has 5 nitrogen and oxygen atoms in total. The van der Waals surface area contributed by atoms with Crippen LogP contribution in [0.2, 0.25) is 0 Å². The number of rotatable bonds is 7. The van der Waals surface area contributed by atoms with Crippen LogP contribution in [-0.2, 0) is 13.1 Å². The molecule has 1 unspecified atom stereocenters. The Morgan fingerprint density at radius 2 is 2.14 bits per heavy atom. The SMILES string of the molecule is CCC(NCc1c(C)nn(CCO)c1C)c1nc(C)cs1. The van der Waals surface area contributed by atoms with E-state index in [4.69, 9.17) is 5.11 Å². The normalized spacial score (nSPS) is 12.8. The van der Waals surface area contributed by atoms with Gasteiger partial charge in [-0.3, -0.25) is 4.68 Å². The van der Waals surface area contributed by atoms with E-state index in [1.165, 1.54) is 5.56 Å². The quantitative estimate of drug-likeness (QED) is 0.825. The van der Waals surface area contributed by atoms with Crippen LogP contribution in [-0.4, -0.2) is 26.5 Å². The zero-order valence-corrected chi connectivity index (χ0v) is 14.0. The van der Waals surface area contributed by atoms with Gasteiger partial charge in [0.2, 0.25) is 0 Å². The molecule has 0 saturated heterocycles. The first kappa shape index (κ1) is 16.1. The first-order valence-electron chi connectivity index (χ1n) is 7.36. The second-order valence-electron chi connectivity index (χ2n) is 5.26. The molecule has 6 heteroatoms. The van der Waals surface area contributed by atoms with E-state index in [-0.39, 0.29) is 12.6 Å². The van der Waals surface area contributed by atoms with E-state index in [1.54, 1.807) is 11.3 Å². The average Bonchev–Trinajstić information content (AvgIpc) is 2.98. The summed E-state index contributed by atoms with van der Waals surface area (Å²) in [5, 5.41) is 20.4. The van der Waals surface area contributed by atoms with Crippen molar-refractivity contribution in [2.24, 2.45) is 0 Å². The number of aromatic nitrogens is 3. The van der Waals surface area contributed by atoms with E-state index in [0.29, 0.717) is 6.54 Å². The maximum absolute atomic E-state index is 9.07. The Hall–Kier alpha value is -1.24. The molecular formula is C15H24N4OS. The van der Waals surface area contributed by atoms with Gasteiger partial charge in [0.05, 0.1) is 24.9 Å². The lowest BCUT2D eigenvalue weighted by atomic mass is 10.1. The van der Waals surface area contributed by atoms with Crippen molar-refractivity contribution >= 4 is 11.3 Å². The lowest BCUT2D eigenvalue weighted by molar-refractivity contribution is 0.267. The summed E-state index contributed by atoms with van der Waals surface area (Å²) in [4.78, 5) is 4.58. The molecule has 0 aromatic carbocycles. The van der Waals surface area contributed by atoms with E-state index in [0.717, 1.165) is 35.1 Å². The Kier molecular flexibility index (Phi) is 5.50. The fraction of sp³-hybridized carbons (Fsp3) is 0.600. The van der Waals surface area contributed by atoms with Crippen LogP contribution < -0.4 is 5.32 Å². The number of aliphatic hydroxyl groups is 1. The fourth-order valence-electron chi connectivity index (χ4n) is 2.47. The molecule has 0 aliphatic rings. The minimum absolute atomic E-state index is 0.116. The molecule has 21 heavy (non-hydrogen) atoms. The van der Waals surface area contributed by atoms with Crippen molar-refractivity contribution < 1.29 is 5.11 Å². The lowest BCUT2D eigenvalue weighted by Gasteiger charge is -2.14. The smallest absolute Gasteiger partial charge is 0.110 e. The van der Waals surface area contributed by atoms with Gasteiger partial charge in [-0.2, -0.15) is 5.10 Å². The minimum Gasteiger partial charge on any atom is -0.394 e. The number of aliphatic hydroxyl groups excluding tert-OH is 1. The number of nitrogens with one attached hydrogen (secondary N) is 1. The summed E-state index contributed by atoms with van der Waals surface area (Å²) < 4.78 is 1.88. The van der Waals surface area contributed by atoms with Gasteiger partial charge >= 0.3 is 0 Å². The summed E-state index contributed by atoms with van der Waals surface area (Å²) in [5.74, 6) is 0. The Bertz CT molecular complexity index is 591. The van der Waals surface area contributed by atoms with Crippen molar-refractivity contribution in [3.8, 4) is 0 Å². The Morgan fingerprint density at radius 1 is 1.38 bits per heavy atom. The molecule has 2 aromatic heterocycles. The highest BCUT2D eigenvalue weighted by Gasteiger charge is 2.16. The fourth-order valence-corrected chi connectivity index (χ4v) is 3.42. The predicted octanol–water partition coefficient (Wildman–Crippen LogP) is 2.50. The highest BCUT2D eigenvalue weighted by molar-refractivity contribution is 7.09. The molecule has 1 atom stereocenters. The van der Waals surface area contributed by atoms with Crippen LogP contribution >= 0.6 is 11.3 Å².